The number of methoxy groups -OCH3 is 1. The van der Waals surface area contributed by atoms with E-state index in [-0.39, 0.29) is 5.91 Å². The van der Waals surface area contributed by atoms with Crippen molar-refractivity contribution in [1.82, 2.24) is 14.9 Å². The van der Waals surface area contributed by atoms with Gasteiger partial charge in [-0.25, -0.2) is 4.98 Å². The van der Waals surface area contributed by atoms with Crippen molar-refractivity contribution < 1.29 is 9.53 Å². The van der Waals surface area contributed by atoms with Crippen LogP contribution in [-0.2, 0) is 22.5 Å². The van der Waals surface area contributed by atoms with Gasteiger partial charge in [-0.3, -0.25) is 4.79 Å². The fourth-order valence-corrected chi connectivity index (χ4v) is 2.72. The van der Waals surface area contributed by atoms with E-state index in [0.29, 0.717) is 31.1 Å². The van der Waals surface area contributed by atoms with Crippen LogP contribution in [0.2, 0.25) is 5.02 Å². The van der Waals surface area contributed by atoms with Crippen molar-refractivity contribution in [2.24, 2.45) is 0 Å². The van der Waals surface area contributed by atoms with E-state index in [1.165, 1.54) is 0 Å². The summed E-state index contributed by atoms with van der Waals surface area (Å²) in [5.74, 6) is 0.947. The first kappa shape index (κ1) is 15.1. The van der Waals surface area contributed by atoms with Crippen LogP contribution in [0, 0.1) is 0 Å². The minimum Gasteiger partial charge on any atom is -0.384 e. The summed E-state index contributed by atoms with van der Waals surface area (Å²) in [7, 11) is 1.61. The Kier molecular flexibility index (Phi) is 4.45. The van der Waals surface area contributed by atoms with Gasteiger partial charge in [-0.05, 0) is 24.3 Å². The zero-order valence-electron chi connectivity index (χ0n) is 12.4. The minimum atomic E-state index is 0.121. The molecular weight excluding hydrogens is 302 g/mol. The zero-order chi connectivity index (χ0) is 15.5. The number of aromatic nitrogens is 2. The van der Waals surface area contributed by atoms with E-state index < -0.39 is 0 Å². The predicted octanol–water partition coefficient (Wildman–Crippen LogP) is 2.65. The number of amides is 1. The van der Waals surface area contributed by atoms with Crippen LogP contribution in [0.1, 0.15) is 17.8 Å². The number of benzene rings is 1. The molecule has 0 fully saturated rings. The highest BCUT2D eigenvalue weighted by molar-refractivity contribution is 6.30. The number of halogens is 1. The molecule has 6 heteroatoms. The van der Waals surface area contributed by atoms with Crippen LogP contribution in [0.4, 0.5) is 0 Å². The molecule has 0 unspecified atom stereocenters. The maximum absolute atomic E-state index is 12.1. The van der Waals surface area contributed by atoms with Crippen molar-refractivity contribution in [2.45, 2.75) is 19.4 Å². The fraction of sp³-hybridized carbons (Fsp3) is 0.375. The maximum Gasteiger partial charge on any atom is 0.225 e. The lowest BCUT2D eigenvalue weighted by molar-refractivity contribution is -0.133. The van der Waals surface area contributed by atoms with Crippen molar-refractivity contribution in [3.63, 3.8) is 0 Å². The Labute approximate surface area is 134 Å². The van der Waals surface area contributed by atoms with E-state index in [2.05, 4.69) is 9.97 Å². The number of hydrogen-bond acceptors (Lipinski definition) is 3. The Morgan fingerprint density at radius 1 is 1.41 bits per heavy atom. The molecule has 0 atom stereocenters. The summed E-state index contributed by atoms with van der Waals surface area (Å²) < 4.78 is 4.97. The number of rotatable bonds is 4. The van der Waals surface area contributed by atoms with Crippen LogP contribution in [0.25, 0.3) is 11.4 Å². The topological polar surface area (TPSA) is 58.2 Å². The summed E-state index contributed by atoms with van der Waals surface area (Å²) in [6.45, 7) is 1.75. The van der Waals surface area contributed by atoms with Gasteiger partial charge in [0.1, 0.15) is 5.82 Å². The van der Waals surface area contributed by atoms with Gasteiger partial charge >= 0.3 is 0 Å². The standard InChI is InChI=1S/C16H18ClN3O2/c1-22-9-7-15(21)20-8-6-13-14(10-20)19-16(18-13)11-2-4-12(17)5-3-11/h2-5H,6-10H2,1H3,(H,18,19). The second-order valence-electron chi connectivity index (χ2n) is 5.33. The van der Waals surface area contributed by atoms with Gasteiger partial charge in [-0.15, -0.1) is 0 Å². The van der Waals surface area contributed by atoms with Gasteiger partial charge in [-0.1, -0.05) is 11.6 Å². The summed E-state index contributed by atoms with van der Waals surface area (Å²) >= 11 is 5.91. The highest BCUT2D eigenvalue weighted by Gasteiger charge is 2.23. The summed E-state index contributed by atoms with van der Waals surface area (Å²) in [5.41, 5.74) is 3.05. The summed E-state index contributed by atoms with van der Waals surface area (Å²) in [4.78, 5) is 21.9. The van der Waals surface area contributed by atoms with Crippen LogP contribution in [0.15, 0.2) is 24.3 Å². The SMILES string of the molecule is COCCC(=O)N1CCc2nc(-c3ccc(Cl)cc3)[nH]c2C1. The lowest BCUT2D eigenvalue weighted by atomic mass is 10.1. The number of nitrogens with one attached hydrogen (secondary N) is 1. The molecule has 2 heterocycles. The quantitative estimate of drug-likeness (QED) is 0.942. The first-order chi connectivity index (χ1) is 10.7. The number of hydrogen-bond donors (Lipinski definition) is 1. The van der Waals surface area contributed by atoms with Gasteiger partial charge < -0.3 is 14.6 Å². The molecule has 2 aromatic rings. The monoisotopic (exact) mass is 319 g/mol. The first-order valence-electron chi connectivity index (χ1n) is 7.28. The molecule has 5 nitrogen and oxygen atoms in total. The van der Waals surface area contributed by atoms with E-state index in [9.17, 15) is 4.79 Å². The molecule has 0 spiro atoms. The Bertz CT molecular complexity index is 667. The molecule has 0 saturated carbocycles. The highest BCUT2D eigenvalue weighted by Crippen LogP contribution is 2.24. The number of nitrogens with zero attached hydrogens (tertiary/aromatic N) is 2. The van der Waals surface area contributed by atoms with Crippen molar-refractivity contribution in [3.8, 4) is 11.4 Å². The van der Waals surface area contributed by atoms with Crippen molar-refractivity contribution in [3.05, 3.63) is 40.7 Å². The third-order valence-corrected chi connectivity index (χ3v) is 4.07. The van der Waals surface area contributed by atoms with E-state index >= 15 is 0 Å². The number of carbonyl (C=O) groups excluding carboxylic acids is 1. The number of fused-ring (bicyclic) bond motifs is 1. The molecule has 0 saturated heterocycles. The lowest BCUT2D eigenvalue weighted by Gasteiger charge is -2.26. The molecule has 0 radical (unpaired) electrons. The molecule has 0 bridgehead atoms. The molecule has 1 aromatic heterocycles. The minimum absolute atomic E-state index is 0.121. The van der Waals surface area contributed by atoms with E-state index in [1.54, 1.807) is 7.11 Å². The van der Waals surface area contributed by atoms with Gasteiger partial charge in [0.25, 0.3) is 0 Å². The van der Waals surface area contributed by atoms with Gasteiger partial charge in [0, 0.05) is 30.7 Å². The average molecular weight is 320 g/mol. The van der Waals surface area contributed by atoms with Crippen LogP contribution in [0.5, 0.6) is 0 Å². The van der Waals surface area contributed by atoms with E-state index in [0.717, 1.165) is 29.2 Å². The molecule has 116 valence electrons. The summed E-state index contributed by atoms with van der Waals surface area (Å²) in [5, 5.41) is 0.704. The Morgan fingerprint density at radius 3 is 2.91 bits per heavy atom. The van der Waals surface area contributed by atoms with Crippen LogP contribution < -0.4 is 0 Å². The van der Waals surface area contributed by atoms with E-state index in [4.69, 9.17) is 16.3 Å². The Morgan fingerprint density at radius 2 is 2.18 bits per heavy atom. The maximum atomic E-state index is 12.1. The molecule has 1 aliphatic rings. The van der Waals surface area contributed by atoms with Gasteiger partial charge in [0.2, 0.25) is 5.91 Å². The summed E-state index contributed by atoms with van der Waals surface area (Å²) in [6.07, 6.45) is 1.20. The van der Waals surface area contributed by atoms with Gasteiger partial charge in [0.05, 0.1) is 31.0 Å². The first-order valence-corrected chi connectivity index (χ1v) is 7.65. The number of ether oxygens (including phenoxy) is 1. The van der Waals surface area contributed by atoms with Crippen LogP contribution in [0.3, 0.4) is 0 Å². The van der Waals surface area contributed by atoms with Crippen molar-refractivity contribution in [2.75, 3.05) is 20.3 Å². The molecule has 0 aliphatic carbocycles. The predicted molar refractivity (Wildman–Crippen MR) is 84.6 cm³/mol. The molecule has 1 N–H and O–H groups in total. The molecular formula is C16H18ClN3O2. The molecule has 1 amide bonds. The van der Waals surface area contributed by atoms with Crippen LogP contribution >= 0.6 is 11.6 Å². The number of imidazole rings is 1. The summed E-state index contributed by atoms with van der Waals surface area (Å²) in [6, 6.07) is 7.57. The Balaban J connectivity index is 1.75. The largest absolute Gasteiger partial charge is 0.384 e. The molecule has 1 aromatic carbocycles. The number of H-pyrrole nitrogens is 1. The normalized spacial score (nSPS) is 14.0. The molecule has 3 rings (SSSR count). The third-order valence-electron chi connectivity index (χ3n) is 3.82. The highest BCUT2D eigenvalue weighted by atomic mass is 35.5. The lowest BCUT2D eigenvalue weighted by Crippen LogP contribution is -2.36. The van der Waals surface area contributed by atoms with Crippen LogP contribution in [-0.4, -0.2) is 41.0 Å². The number of carbonyl (C=O) groups is 1. The zero-order valence-corrected chi connectivity index (χ0v) is 13.2. The molecule has 22 heavy (non-hydrogen) atoms. The van der Waals surface area contributed by atoms with Gasteiger partial charge in [0.15, 0.2) is 0 Å². The smallest absolute Gasteiger partial charge is 0.225 e. The van der Waals surface area contributed by atoms with Crippen molar-refractivity contribution >= 4 is 17.5 Å². The number of aromatic amines is 1. The van der Waals surface area contributed by atoms with E-state index in [1.807, 2.05) is 29.2 Å². The Hall–Kier alpha value is -1.85. The second-order valence-corrected chi connectivity index (χ2v) is 5.76. The third kappa shape index (κ3) is 3.15. The van der Waals surface area contributed by atoms with Crippen molar-refractivity contribution in [1.29, 1.82) is 0 Å². The average Bonchev–Trinajstić information content (AvgIpc) is 2.96. The fourth-order valence-electron chi connectivity index (χ4n) is 2.60. The van der Waals surface area contributed by atoms with Gasteiger partial charge in [-0.2, -0.15) is 0 Å². The molecule has 1 aliphatic heterocycles. The second kappa shape index (κ2) is 6.50.